The lowest BCUT2D eigenvalue weighted by Gasteiger charge is -2.09. The Labute approximate surface area is 127 Å². The van der Waals surface area contributed by atoms with Crippen molar-refractivity contribution in [3.8, 4) is 11.5 Å². The standard InChI is InChI=1S/C18H16O4/c1-12-4-3-5-15(8-12)21-11-13-9-18(19)22-17-10-14(20-2)6-7-16(13)17/h3-10H,11H2,1-2H3. The van der Waals surface area contributed by atoms with Crippen LogP contribution in [-0.2, 0) is 6.61 Å². The molecule has 0 amide bonds. The zero-order valence-electron chi connectivity index (χ0n) is 12.5. The third-order valence-electron chi connectivity index (χ3n) is 3.42. The number of aryl methyl sites for hydroxylation is 1. The van der Waals surface area contributed by atoms with Crippen molar-refractivity contribution in [2.24, 2.45) is 0 Å². The number of rotatable bonds is 4. The molecule has 0 fully saturated rings. The van der Waals surface area contributed by atoms with Crippen LogP contribution in [0.5, 0.6) is 11.5 Å². The average Bonchev–Trinajstić information content (AvgIpc) is 2.52. The third-order valence-corrected chi connectivity index (χ3v) is 3.42. The predicted molar refractivity (Wildman–Crippen MR) is 84.5 cm³/mol. The Morgan fingerprint density at radius 1 is 1.05 bits per heavy atom. The average molecular weight is 296 g/mol. The van der Waals surface area contributed by atoms with Gasteiger partial charge in [-0.3, -0.25) is 0 Å². The molecule has 0 radical (unpaired) electrons. The van der Waals surface area contributed by atoms with E-state index in [0.29, 0.717) is 17.9 Å². The molecule has 4 heteroatoms. The van der Waals surface area contributed by atoms with Crippen LogP contribution in [0.25, 0.3) is 11.0 Å². The van der Waals surface area contributed by atoms with Gasteiger partial charge in [-0.05, 0) is 36.8 Å². The highest BCUT2D eigenvalue weighted by Crippen LogP contribution is 2.23. The Balaban J connectivity index is 1.94. The number of hydrogen-bond acceptors (Lipinski definition) is 4. The van der Waals surface area contributed by atoms with Crippen LogP contribution < -0.4 is 15.1 Å². The highest BCUT2D eigenvalue weighted by Gasteiger charge is 2.08. The van der Waals surface area contributed by atoms with Crippen LogP contribution in [0.2, 0.25) is 0 Å². The maximum Gasteiger partial charge on any atom is 0.336 e. The summed E-state index contributed by atoms with van der Waals surface area (Å²) < 4.78 is 16.2. The van der Waals surface area contributed by atoms with Gasteiger partial charge in [0.15, 0.2) is 0 Å². The monoisotopic (exact) mass is 296 g/mol. The second kappa shape index (κ2) is 5.93. The SMILES string of the molecule is COc1ccc2c(COc3cccc(C)c3)cc(=O)oc2c1. The molecular formula is C18H16O4. The van der Waals surface area contributed by atoms with E-state index in [4.69, 9.17) is 13.9 Å². The molecule has 1 aromatic heterocycles. The minimum Gasteiger partial charge on any atom is -0.497 e. The first-order chi connectivity index (χ1) is 10.7. The summed E-state index contributed by atoms with van der Waals surface area (Å²) in [6.45, 7) is 2.31. The lowest BCUT2D eigenvalue weighted by Crippen LogP contribution is -2.04. The van der Waals surface area contributed by atoms with Crippen LogP contribution in [0, 0.1) is 6.92 Å². The minimum absolute atomic E-state index is 0.303. The maximum atomic E-state index is 11.7. The number of fused-ring (bicyclic) bond motifs is 1. The largest absolute Gasteiger partial charge is 0.497 e. The van der Waals surface area contributed by atoms with E-state index in [0.717, 1.165) is 22.3 Å². The molecule has 0 aliphatic rings. The fraction of sp³-hybridized carbons (Fsp3) is 0.167. The van der Waals surface area contributed by atoms with Crippen LogP contribution in [-0.4, -0.2) is 7.11 Å². The molecule has 112 valence electrons. The topological polar surface area (TPSA) is 48.7 Å². The van der Waals surface area contributed by atoms with E-state index in [-0.39, 0.29) is 0 Å². The van der Waals surface area contributed by atoms with E-state index >= 15 is 0 Å². The Kier molecular flexibility index (Phi) is 3.83. The van der Waals surface area contributed by atoms with E-state index in [2.05, 4.69) is 0 Å². The molecule has 0 aliphatic heterocycles. The Hall–Kier alpha value is -2.75. The molecule has 3 rings (SSSR count). The number of benzene rings is 2. The molecule has 0 atom stereocenters. The maximum absolute atomic E-state index is 11.7. The fourth-order valence-electron chi connectivity index (χ4n) is 2.32. The van der Waals surface area contributed by atoms with E-state index < -0.39 is 5.63 Å². The van der Waals surface area contributed by atoms with Crippen molar-refractivity contribution in [3.63, 3.8) is 0 Å². The van der Waals surface area contributed by atoms with Crippen molar-refractivity contribution in [2.75, 3.05) is 7.11 Å². The summed E-state index contributed by atoms with van der Waals surface area (Å²) in [5, 5.41) is 0.841. The summed E-state index contributed by atoms with van der Waals surface area (Å²) in [7, 11) is 1.57. The van der Waals surface area contributed by atoms with Gasteiger partial charge in [0, 0.05) is 23.1 Å². The van der Waals surface area contributed by atoms with Crippen LogP contribution in [0.15, 0.2) is 57.7 Å². The fourth-order valence-corrected chi connectivity index (χ4v) is 2.32. The summed E-state index contributed by atoms with van der Waals surface area (Å²) in [5.74, 6) is 1.42. The Morgan fingerprint density at radius 3 is 2.68 bits per heavy atom. The van der Waals surface area contributed by atoms with E-state index in [1.807, 2.05) is 43.3 Å². The molecule has 0 bridgehead atoms. The van der Waals surface area contributed by atoms with Gasteiger partial charge in [-0.2, -0.15) is 0 Å². The molecule has 3 aromatic rings. The normalized spacial score (nSPS) is 10.6. The number of methoxy groups -OCH3 is 1. The highest BCUT2D eigenvalue weighted by atomic mass is 16.5. The van der Waals surface area contributed by atoms with Gasteiger partial charge in [-0.1, -0.05) is 12.1 Å². The summed E-state index contributed by atoms with van der Waals surface area (Å²) in [4.78, 5) is 11.7. The van der Waals surface area contributed by atoms with Gasteiger partial charge < -0.3 is 13.9 Å². The lowest BCUT2D eigenvalue weighted by molar-refractivity contribution is 0.306. The molecule has 1 heterocycles. The van der Waals surface area contributed by atoms with Crippen molar-refractivity contribution >= 4 is 11.0 Å². The molecule has 0 spiro atoms. The van der Waals surface area contributed by atoms with E-state index in [1.165, 1.54) is 6.07 Å². The molecular weight excluding hydrogens is 280 g/mol. The molecule has 0 N–H and O–H groups in total. The Bertz CT molecular complexity index is 864. The van der Waals surface area contributed by atoms with Gasteiger partial charge in [0.1, 0.15) is 23.7 Å². The van der Waals surface area contributed by atoms with Crippen molar-refractivity contribution < 1.29 is 13.9 Å². The zero-order chi connectivity index (χ0) is 15.5. The van der Waals surface area contributed by atoms with Crippen molar-refractivity contribution in [1.29, 1.82) is 0 Å². The van der Waals surface area contributed by atoms with Crippen LogP contribution in [0.1, 0.15) is 11.1 Å². The van der Waals surface area contributed by atoms with Crippen LogP contribution in [0.3, 0.4) is 0 Å². The molecule has 0 aliphatic carbocycles. The summed E-state index contributed by atoms with van der Waals surface area (Å²) in [6.07, 6.45) is 0. The van der Waals surface area contributed by atoms with Crippen LogP contribution >= 0.6 is 0 Å². The molecule has 0 saturated heterocycles. The molecule has 0 saturated carbocycles. The first-order valence-corrected chi connectivity index (χ1v) is 6.96. The first kappa shape index (κ1) is 14.2. The molecule has 0 unspecified atom stereocenters. The second-order valence-corrected chi connectivity index (χ2v) is 5.06. The second-order valence-electron chi connectivity index (χ2n) is 5.06. The highest BCUT2D eigenvalue weighted by molar-refractivity contribution is 5.81. The summed E-state index contributed by atoms with van der Waals surface area (Å²) in [5.41, 5.74) is 2.01. The third kappa shape index (κ3) is 2.96. The predicted octanol–water partition coefficient (Wildman–Crippen LogP) is 3.69. The molecule has 22 heavy (non-hydrogen) atoms. The van der Waals surface area contributed by atoms with Gasteiger partial charge >= 0.3 is 5.63 Å². The van der Waals surface area contributed by atoms with Gasteiger partial charge in [-0.15, -0.1) is 0 Å². The summed E-state index contributed by atoms with van der Waals surface area (Å²) in [6, 6.07) is 14.7. The van der Waals surface area contributed by atoms with Crippen molar-refractivity contribution in [2.45, 2.75) is 13.5 Å². The number of hydrogen-bond donors (Lipinski definition) is 0. The van der Waals surface area contributed by atoms with Gasteiger partial charge in [-0.25, -0.2) is 4.79 Å². The molecule has 4 nitrogen and oxygen atoms in total. The van der Waals surface area contributed by atoms with Crippen LogP contribution in [0.4, 0.5) is 0 Å². The summed E-state index contributed by atoms with van der Waals surface area (Å²) >= 11 is 0. The van der Waals surface area contributed by atoms with Crippen molar-refractivity contribution in [1.82, 2.24) is 0 Å². The van der Waals surface area contributed by atoms with Gasteiger partial charge in [0.25, 0.3) is 0 Å². The quantitative estimate of drug-likeness (QED) is 0.689. The van der Waals surface area contributed by atoms with E-state index in [1.54, 1.807) is 13.2 Å². The van der Waals surface area contributed by atoms with E-state index in [9.17, 15) is 4.79 Å². The minimum atomic E-state index is -0.399. The van der Waals surface area contributed by atoms with Gasteiger partial charge in [0.05, 0.1) is 7.11 Å². The zero-order valence-corrected chi connectivity index (χ0v) is 12.5. The smallest absolute Gasteiger partial charge is 0.336 e. The number of ether oxygens (including phenoxy) is 2. The first-order valence-electron chi connectivity index (χ1n) is 6.96. The van der Waals surface area contributed by atoms with Gasteiger partial charge in [0.2, 0.25) is 0 Å². The Morgan fingerprint density at radius 2 is 1.91 bits per heavy atom. The lowest BCUT2D eigenvalue weighted by atomic mass is 10.1. The van der Waals surface area contributed by atoms with Crippen molar-refractivity contribution in [3.05, 3.63) is 70.1 Å². The molecule has 2 aromatic carbocycles.